The van der Waals surface area contributed by atoms with Crippen molar-refractivity contribution in [2.24, 2.45) is 11.7 Å². The van der Waals surface area contributed by atoms with Crippen molar-refractivity contribution in [3.05, 3.63) is 23.2 Å². The third-order valence-electron chi connectivity index (χ3n) is 6.51. The molecule has 3 aliphatic rings. The molecule has 10 heteroatoms. The maximum absolute atomic E-state index is 13.1. The summed E-state index contributed by atoms with van der Waals surface area (Å²) in [6.07, 6.45) is 5.58. The predicted molar refractivity (Wildman–Crippen MR) is 105 cm³/mol. The number of nitrogens with two attached hydrogens (primary N) is 1. The summed E-state index contributed by atoms with van der Waals surface area (Å²) in [5, 5.41) is 10.5. The standard InChI is InChI=1S/C20H26F2N6O2/c1-24-11-19(6-4-13(5-7-19)25-14-8-20(21,22)9-14)28-10-15(16(23)29)17(27-28)26-18(30)12-2-3-12/h10,12-14,25H,2-9,11H2,(H2,23,29)(H,26,27,30). The second-order valence-electron chi connectivity index (χ2n) is 8.91. The molecule has 4 rings (SSSR count). The summed E-state index contributed by atoms with van der Waals surface area (Å²) in [6.45, 7) is 7.58. The van der Waals surface area contributed by atoms with Crippen molar-refractivity contribution in [1.29, 1.82) is 0 Å². The number of alkyl halides is 2. The zero-order valence-electron chi connectivity index (χ0n) is 16.7. The Hall–Kier alpha value is -2.54. The molecule has 30 heavy (non-hydrogen) atoms. The molecule has 0 unspecified atom stereocenters. The first kappa shape index (κ1) is 20.7. The average molecular weight is 420 g/mol. The maximum Gasteiger partial charge on any atom is 0.254 e. The number of hydrogen-bond donors (Lipinski definition) is 3. The normalized spacial score (nSPS) is 28.4. The molecule has 0 aromatic carbocycles. The van der Waals surface area contributed by atoms with Crippen molar-refractivity contribution < 1.29 is 18.4 Å². The van der Waals surface area contributed by atoms with Crippen LogP contribution in [0.3, 0.4) is 0 Å². The van der Waals surface area contributed by atoms with Crippen molar-refractivity contribution in [1.82, 2.24) is 15.1 Å². The van der Waals surface area contributed by atoms with Crippen LogP contribution in [0.1, 0.15) is 61.7 Å². The van der Waals surface area contributed by atoms with E-state index in [9.17, 15) is 18.4 Å². The van der Waals surface area contributed by atoms with Gasteiger partial charge in [-0.15, -0.1) is 0 Å². The number of nitrogens with zero attached hydrogens (tertiary/aromatic N) is 3. The lowest BCUT2D eigenvalue weighted by Crippen LogP contribution is -2.54. The van der Waals surface area contributed by atoms with Crippen molar-refractivity contribution in [3.8, 4) is 0 Å². The molecule has 8 nitrogen and oxygen atoms in total. The van der Waals surface area contributed by atoms with Gasteiger partial charge in [-0.25, -0.2) is 15.4 Å². The van der Waals surface area contributed by atoms with Crippen LogP contribution in [0.2, 0.25) is 0 Å². The second-order valence-corrected chi connectivity index (χ2v) is 8.91. The van der Waals surface area contributed by atoms with Gasteiger partial charge in [-0.05, 0) is 38.5 Å². The number of anilines is 1. The van der Waals surface area contributed by atoms with Crippen molar-refractivity contribution >= 4 is 17.6 Å². The monoisotopic (exact) mass is 420 g/mol. The number of hydrogen-bond acceptors (Lipinski definition) is 4. The van der Waals surface area contributed by atoms with E-state index in [0.29, 0.717) is 25.7 Å². The summed E-state index contributed by atoms with van der Waals surface area (Å²) in [5.41, 5.74) is 5.00. The summed E-state index contributed by atoms with van der Waals surface area (Å²) in [6, 6.07) is -0.0426. The zero-order chi connectivity index (χ0) is 21.5. The third kappa shape index (κ3) is 4.17. The van der Waals surface area contributed by atoms with Crippen LogP contribution < -0.4 is 16.4 Å². The largest absolute Gasteiger partial charge is 0.365 e. The quantitative estimate of drug-likeness (QED) is 0.589. The fourth-order valence-corrected chi connectivity index (χ4v) is 4.49. The highest BCUT2D eigenvalue weighted by Gasteiger charge is 2.47. The van der Waals surface area contributed by atoms with E-state index < -0.39 is 17.4 Å². The topological polar surface area (TPSA) is 106 Å². The van der Waals surface area contributed by atoms with E-state index >= 15 is 0 Å². The fourth-order valence-electron chi connectivity index (χ4n) is 4.49. The molecule has 3 aliphatic carbocycles. The lowest BCUT2D eigenvalue weighted by molar-refractivity contribution is -0.117. The van der Waals surface area contributed by atoms with E-state index in [1.165, 1.54) is 6.20 Å². The van der Waals surface area contributed by atoms with Gasteiger partial charge in [0, 0.05) is 37.0 Å². The Balaban J connectivity index is 1.48. The molecule has 0 spiro atoms. The lowest BCUT2D eigenvalue weighted by atomic mass is 9.78. The number of primary amides is 1. The minimum absolute atomic E-state index is 0.0477. The molecule has 0 aliphatic heterocycles. The number of halogens is 2. The minimum atomic E-state index is -2.55. The smallest absolute Gasteiger partial charge is 0.254 e. The molecule has 0 bridgehead atoms. The van der Waals surface area contributed by atoms with Crippen LogP contribution in [0.5, 0.6) is 0 Å². The Kier molecular flexibility index (Phi) is 5.26. The molecule has 162 valence electrons. The summed E-state index contributed by atoms with van der Waals surface area (Å²) < 4.78 is 27.8. The molecule has 2 amide bonds. The maximum atomic E-state index is 13.1. The highest BCUT2D eigenvalue weighted by Crippen LogP contribution is 2.40. The van der Waals surface area contributed by atoms with Gasteiger partial charge in [-0.3, -0.25) is 14.3 Å². The second kappa shape index (κ2) is 7.61. The summed E-state index contributed by atoms with van der Waals surface area (Å²) in [5.74, 6) is -3.32. The van der Waals surface area contributed by atoms with E-state index in [2.05, 4.69) is 20.6 Å². The molecule has 1 aromatic rings. The molecular formula is C20H26F2N6O2. The van der Waals surface area contributed by atoms with Gasteiger partial charge in [0.15, 0.2) is 5.82 Å². The molecule has 0 saturated heterocycles. The molecule has 1 heterocycles. The summed E-state index contributed by atoms with van der Waals surface area (Å²) >= 11 is 0. The highest BCUT2D eigenvalue weighted by atomic mass is 19.3. The van der Waals surface area contributed by atoms with Crippen molar-refractivity contribution in [2.75, 3.05) is 11.9 Å². The predicted octanol–water partition coefficient (Wildman–Crippen LogP) is 2.27. The molecule has 0 atom stereocenters. The van der Waals surface area contributed by atoms with Crippen LogP contribution in [-0.2, 0) is 10.3 Å². The number of carbonyl (C=O) groups excluding carboxylic acids is 2. The van der Waals surface area contributed by atoms with E-state index in [4.69, 9.17) is 12.3 Å². The van der Waals surface area contributed by atoms with Crippen LogP contribution in [-0.4, -0.2) is 46.1 Å². The minimum Gasteiger partial charge on any atom is -0.365 e. The molecule has 0 radical (unpaired) electrons. The Morgan fingerprint density at radius 2 is 1.90 bits per heavy atom. The number of aromatic nitrogens is 2. The van der Waals surface area contributed by atoms with Crippen molar-refractivity contribution in [2.45, 2.75) is 74.9 Å². The SMILES string of the molecule is [C-]#[N+]CC1(n2cc(C(N)=O)c(NC(=O)C3CC3)n2)CCC(NC2CC(F)(F)C2)CC1. The van der Waals surface area contributed by atoms with Gasteiger partial charge in [0.05, 0.1) is 0 Å². The molecule has 3 saturated carbocycles. The molecule has 3 fully saturated rings. The van der Waals surface area contributed by atoms with Gasteiger partial charge < -0.3 is 21.2 Å². The van der Waals surface area contributed by atoms with Gasteiger partial charge in [-0.1, -0.05) is 0 Å². The van der Waals surface area contributed by atoms with Gasteiger partial charge in [0.25, 0.3) is 11.8 Å². The Morgan fingerprint density at radius 1 is 1.23 bits per heavy atom. The van der Waals surface area contributed by atoms with Gasteiger partial charge >= 0.3 is 0 Å². The molecular weight excluding hydrogens is 394 g/mol. The Bertz CT molecular complexity index is 872. The summed E-state index contributed by atoms with van der Waals surface area (Å²) in [4.78, 5) is 27.6. The zero-order valence-corrected chi connectivity index (χ0v) is 16.7. The Morgan fingerprint density at radius 3 is 2.43 bits per heavy atom. The molecule has 1 aromatic heterocycles. The number of carbonyl (C=O) groups is 2. The van der Waals surface area contributed by atoms with Crippen LogP contribution in [0.15, 0.2) is 6.20 Å². The van der Waals surface area contributed by atoms with Gasteiger partial charge in [0.2, 0.25) is 12.5 Å². The first-order chi connectivity index (χ1) is 14.2. The lowest BCUT2D eigenvalue weighted by Gasteiger charge is -2.42. The third-order valence-corrected chi connectivity index (χ3v) is 6.51. The highest BCUT2D eigenvalue weighted by molar-refractivity contribution is 6.02. The number of nitrogens with one attached hydrogen (secondary N) is 2. The summed E-state index contributed by atoms with van der Waals surface area (Å²) in [7, 11) is 0. The van der Waals surface area contributed by atoms with Crippen molar-refractivity contribution in [3.63, 3.8) is 0 Å². The first-order valence-corrected chi connectivity index (χ1v) is 10.4. The Labute approximate surface area is 173 Å². The van der Waals surface area contributed by atoms with E-state index in [0.717, 1.165) is 12.8 Å². The number of amides is 2. The average Bonchev–Trinajstić information content (AvgIpc) is 3.42. The molecule has 4 N–H and O–H groups in total. The van der Waals surface area contributed by atoms with Gasteiger partial charge in [0.1, 0.15) is 11.1 Å². The fraction of sp³-hybridized carbons (Fsp3) is 0.700. The van der Waals surface area contributed by atoms with Gasteiger partial charge in [-0.2, -0.15) is 5.10 Å². The van der Waals surface area contributed by atoms with Crippen LogP contribution in [0.4, 0.5) is 14.6 Å². The van der Waals surface area contributed by atoms with Crippen LogP contribution >= 0.6 is 0 Å². The van der Waals surface area contributed by atoms with E-state index in [1.807, 2.05) is 0 Å². The van der Waals surface area contributed by atoms with E-state index in [-0.39, 0.29) is 54.7 Å². The number of rotatable bonds is 7. The van der Waals surface area contributed by atoms with Crippen LogP contribution in [0, 0.1) is 12.5 Å². The van der Waals surface area contributed by atoms with Crippen LogP contribution in [0.25, 0.3) is 4.85 Å². The van der Waals surface area contributed by atoms with E-state index in [1.54, 1.807) is 4.68 Å². The first-order valence-electron chi connectivity index (χ1n) is 10.4.